The van der Waals surface area contributed by atoms with Crippen molar-refractivity contribution in [1.82, 2.24) is 19.9 Å². The molecule has 4 heterocycles. The fourth-order valence-corrected chi connectivity index (χ4v) is 4.97. The van der Waals surface area contributed by atoms with Crippen LogP contribution in [-0.4, -0.2) is 19.9 Å². The third-order valence-corrected chi connectivity index (χ3v) is 6.72. The second-order valence-corrected chi connectivity index (χ2v) is 8.89. The van der Waals surface area contributed by atoms with Gasteiger partial charge in [-0.25, -0.2) is 9.97 Å². The molecule has 7 heteroatoms. The first-order chi connectivity index (χ1) is 14.7. The van der Waals surface area contributed by atoms with Crippen LogP contribution in [0.1, 0.15) is 23.8 Å². The molecule has 0 radical (unpaired) electrons. The minimum absolute atomic E-state index is 0.614. The van der Waals surface area contributed by atoms with Crippen LogP contribution in [0.5, 0.6) is 0 Å². The number of nitrogens with one attached hydrogen (secondary N) is 1. The van der Waals surface area contributed by atoms with E-state index in [-0.39, 0.29) is 0 Å². The predicted molar refractivity (Wildman–Crippen MR) is 123 cm³/mol. The van der Waals surface area contributed by atoms with Gasteiger partial charge in [-0.1, -0.05) is 11.6 Å². The molecule has 4 aromatic heterocycles. The van der Waals surface area contributed by atoms with Gasteiger partial charge < -0.3 is 5.32 Å². The molecule has 146 valence electrons. The average Bonchev–Trinajstić information content (AvgIpc) is 3.53. The van der Waals surface area contributed by atoms with Crippen molar-refractivity contribution in [3.63, 3.8) is 0 Å². The van der Waals surface area contributed by atoms with Gasteiger partial charge in [0.25, 0.3) is 0 Å². The SMILES string of the molecule is Clc1ccnc2cc(-c3cccnc3)nc(Nc3ccc4nc(C5CC5)sc4c3)c12. The maximum Gasteiger partial charge on any atom is 0.142 e. The van der Waals surface area contributed by atoms with Gasteiger partial charge in [-0.15, -0.1) is 11.3 Å². The number of fused-ring (bicyclic) bond motifs is 2. The van der Waals surface area contributed by atoms with E-state index in [1.165, 1.54) is 22.5 Å². The van der Waals surface area contributed by atoms with Crippen LogP contribution in [0.4, 0.5) is 11.5 Å². The number of thiazole rings is 1. The number of pyridine rings is 3. The topological polar surface area (TPSA) is 63.6 Å². The van der Waals surface area contributed by atoms with Crippen molar-refractivity contribution in [2.75, 3.05) is 5.32 Å². The molecule has 1 aromatic carbocycles. The Labute approximate surface area is 181 Å². The summed E-state index contributed by atoms with van der Waals surface area (Å²) in [6.45, 7) is 0. The smallest absolute Gasteiger partial charge is 0.142 e. The van der Waals surface area contributed by atoms with Crippen molar-refractivity contribution in [3.8, 4) is 11.3 Å². The van der Waals surface area contributed by atoms with Crippen LogP contribution in [0.25, 0.3) is 32.4 Å². The summed E-state index contributed by atoms with van der Waals surface area (Å²) in [5.41, 5.74) is 4.51. The fraction of sp³-hybridized carbons (Fsp3) is 0.130. The molecule has 0 unspecified atom stereocenters. The lowest BCUT2D eigenvalue weighted by Gasteiger charge is -2.12. The van der Waals surface area contributed by atoms with Crippen molar-refractivity contribution in [2.24, 2.45) is 0 Å². The molecule has 0 atom stereocenters. The number of rotatable bonds is 4. The van der Waals surface area contributed by atoms with Crippen molar-refractivity contribution >= 4 is 55.6 Å². The zero-order valence-electron chi connectivity index (χ0n) is 15.8. The lowest BCUT2D eigenvalue weighted by Crippen LogP contribution is -1.98. The lowest BCUT2D eigenvalue weighted by atomic mass is 10.1. The van der Waals surface area contributed by atoms with Gasteiger partial charge in [0.05, 0.1) is 36.8 Å². The van der Waals surface area contributed by atoms with E-state index in [0.29, 0.717) is 16.8 Å². The molecular formula is C23H16ClN5S. The first-order valence-electron chi connectivity index (χ1n) is 9.78. The third-order valence-electron chi connectivity index (χ3n) is 5.22. The van der Waals surface area contributed by atoms with Crippen molar-refractivity contribution in [2.45, 2.75) is 18.8 Å². The number of nitrogens with zero attached hydrogens (tertiary/aromatic N) is 4. The standard InChI is InChI=1S/C23H16ClN5S/c24-16-7-9-26-19-11-18(14-2-1-8-25-12-14)28-22(21(16)19)27-15-5-6-17-20(10-15)30-23(29-17)13-3-4-13/h1-2,5-13H,3-4H2,(H,27,28). The zero-order chi connectivity index (χ0) is 20.1. The van der Waals surface area contributed by atoms with Gasteiger partial charge in [0.1, 0.15) is 5.82 Å². The maximum absolute atomic E-state index is 6.53. The highest BCUT2D eigenvalue weighted by atomic mass is 35.5. The van der Waals surface area contributed by atoms with Crippen LogP contribution in [-0.2, 0) is 0 Å². The van der Waals surface area contributed by atoms with E-state index in [2.05, 4.69) is 27.4 Å². The summed E-state index contributed by atoms with van der Waals surface area (Å²) >= 11 is 8.31. The number of hydrogen-bond donors (Lipinski definition) is 1. The summed E-state index contributed by atoms with van der Waals surface area (Å²) in [6, 6.07) is 13.8. The van der Waals surface area contributed by atoms with Crippen LogP contribution in [0, 0.1) is 0 Å². The number of halogens is 1. The molecule has 1 aliphatic rings. The Morgan fingerprint density at radius 2 is 1.93 bits per heavy atom. The number of anilines is 2. The van der Waals surface area contributed by atoms with Crippen molar-refractivity contribution in [3.05, 3.63) is 71.1 Å². The monoisotopic (exact) mass is 429 g/mol. The van der Waals surface area contributed by atoms with E-state index in [1.807, 2.05) is 24.3 Å². The molecule has 0 spiro atoms. The molecular weight excluding hydrogens is 414 g/mol. The molecule has 1 fully saturated rings. The van der Waals surface area contributed by atoms with E-state index < -0.39 is 0 Å². The molecule has 1 saturated carbocycles. The largest absolute Gasteiger partial charge is 0.340 e. The molecule has 30 heavy (non-hydrogen) atoms. The van der Waals surface area contributed by atoms with E-state index in [1.54, 1.807) is 36.0 Å². The molecule has 0 amide bonds. The van der Waals surface area contributed by atoms with Crippen LogP contribution in [0.3, 0.4) is 0 Å². The van der Waals surface area contributed by atoms with Crippen LogP contribution < -0.4 is 5.32 Å². The molecule has 0 saturated heterocycles. The fourth-order valence-electron chi connectivity index (χ4n) is 3.55. The lowest BCUT2D eigenvalue weighted by molar-refractivity contribution is 1.10. The van der Waals surface area contributed by atoms with E-state index in [4.69, 9.17) is 21.6 Å². The van der Waals surface area contributed by atoms with Crippen LogP contribution >= 0.6 is 22.9 Å². The minimum Gasteiger partial charge on any atom is -0.340 e. The predicted octanol–water partition coefficient (Wildman–Crippen LogP) is 6.58. The normalized spacial score (nSPS) is 13.8. The number of aromatic nitrogens is 4. The number of benzene rings is 1. The zero-order valence-corrected chi connectivity index (χ0v) is 17.4. The molecule has 0 bridgehead atoms. The molecule has 1 aliphatic carbocycles. The van der Waals surface area contributed by atoms with Gasteiger partial charge in [0, 0.05) is 35.8 Å². The quantitative estimate of drug-likeness (QED) is 0.349. The van der Waals surface area contributed by atoms with Gasteiger partial charge in [-0.05, 0) is 55.3 Å². The van der Waals surface area contributed by atoms with Gasteiger partial charge >= 0.3 is 0 Å². The Morgan fingerprint density at radius 3 is 2.77 bits per heavy atom. The van der Waals surface area contributed by atoms with E-state index in [0.717, 1.165) is 33.4 Å². The first-order valence-corrected chi connectivity index (χ1v) is 11.0. The average molecular weight is 430 g/mol. The summed E-state index contributed by atoms with van der Waals surface area (Å²) in [5, 5.41) is 6.13. The molecule has 1 N–H and O–H groups in total. The highest BCUT2D eigenvalue weighted by molar-refractivity contribution is 7.18. The minimum atomic E-state index is 0.614. The van der Waals surface area contributed by atoms with Crippen molar-refractivity contribution < 1.29 is 0 Å². The summed E-state index contributed by atoms with van der Waals surface area (Å²) in [7, 11) is 0. The summed E-state index contributed by atoms with van der Waals surface area (Å²) < 4.78 is 1.18. The second kappa shape index (κ2) is 7.00. The Bertz CT molecular complexity index is 1400. The van der Waals surface area contributed by atoms with Gasteiger partial charge in [0.15, 0.2) is 0 Å². The summed E-state index contributed by atoms with van der Waals surface area (Å²) in [4.78, 5) is 18.4. The van der Waals surface area contributed by atoms with Gasteiger partial charge in [0.2, 0.25) is 0 Å². The van der Waals surface area contributed by atoms with E-state index in [9.17, 15) is 0 Å². The van der Waals surface area contributed by atoms with E-state index >= 15 is 0 Å². The Morgan fingerprint density at radius 1 is 1.00 bits per heavy atom. The third kappa shape index (κ3) is 3.18. The molecule has 0 aliphatic heterocycles. The highest BCUT2D eigenvalue weighted by Gasteiger charge is 2.27. The van der Waals surface area contributed by atoms with Crippen LogP contribution in [0.15, 0.2) is 61.1 Å². The second-order valence-electron chi connectivity index (χ2n) is 7.42. The highest BCUT2D eigenvalue weighted by Crippen LogP contribution is 2.43. The molecule has 5 nitrogen and oxygen atoms in total. The van der Waals surface area contributed by atoms with Gasteiger partial charge in [-0.2, -0.15) is 0 Å². The van der Waals surface area contributed by atoms with Crippen LogP contribution in [0.2, 0.25) is 5.02 Å². The maximum atomic E-state index is 6.53. The summed E-state index contributed by atoms with van der Waals surface area (Å²) in [5.74, 6) is 1.33. The number of hydrogen-bond acceptors (Lipinski definition) is 6. The summed E-state index contributed by atoms with van der Waals surface area (Å²) in [6.07, 6.45) is 7.77. The first kappa shape index (κ1) is 17.7. The Balaban J connectivity index is 1.47. The molecule has 6 rings (SSSR count). The van der Waals surface area contributed by atoms with Gasteiger partial charge in [-0.3, -0.25) is 9.97 Å². The molecule has 5 aromatic rings. The Hall–Kier alpha value is -3.09. The Kier molecular flexibility index (Phi) is 4.14. The van der Waals surface area contributed by atoms with Crippen molar-refractivity contribution in [1.29, 1.82) is 0 Å².